The number of alkyl halides is 1. The number of hydrogen-bond donors (Lipinski definition) is 1. The van der Waals surface area contributed by atoms with Crippen LogP contribution < -0.4 is 10.6 Å². The molecule has 2 N–H and O–H groups in total. The summed E-state index contributed by atoms with van der Waals surface area (Å²) in [4.78, 5) is 6.29. The van der Waals surface area contributed by atoms with Crippen LogP contribution in [-0.4, -0.2) is 45.1 Å². The lowest BCUT2D eigenvalue weighted by Gasteiger charge is -2.33. The number of benzene rings is 1. The first-order valence-corrected chi connectivity index (χ1v) is 9.31. The average Bonchev–Trinajstić information content (AvgIpc) is 3.33. The van der Waals surface area contributed by atoms with Crippen LogP contribution in [0.5, 0.6) is 0 Å². The molecule has 1 saturated carbocycles. The number of halogens is 3. The van der Waals surface area contributed by atoms with Crippen molar-refractivity contribution in [1.82, 2.24) is 19.7 Å². The van der Waals surface area contributed by atoms with Gasteiger partial charge in [0, 0.05) is 31.1 Å². The molecular formula is C18H19F3N6O. The predicted molar refractivity (Wildman–Crippen MR) is 94.7 cm³/mol. The molecule has 2 atom stereocenters. The van der Waals surface area contributed by atoms with Crippen LogP contribution in [0.25, 0.3) is 11.0 Å². The van der Waals surface area contributed by atoms with Crippen molar-refractivity contribution in [2.45, 2.75) is 43.9 Å². The maximum absolute atomic E-state index is 13.9. The zero-order valence-electron chi connectivity index (χ0n) is 15.0. The molecule has 2 fully saturated rings. The number of aromatic nitrogens is 4. The summed E-state index contributed by atoms with van der Waals surface area (Å²) < 4.78 is 48.8. The zero-order valence-corrected chi connectivity index (χ0v) is 15.0. The van der Waals surface area contributed by atoms with Crippen LogP contribution in [0.1, 0.15) is 37.0 Å². The molecule has 2 aliphatic rings. The Bertz CT molecular complexity index is 1030. The highest BCUT2D eigenvalue weighted by Crippen LogP contribution is 2.39. The second-order valence-electron chi connectivity index (χ2n) is 7.48. The Hall–Kier alpha value is -2.62. The maximum atomic E-state index is 13.9. The molecule has 3 aromatic rings. The summed E-state index contributed by atoms with van der Waals surface area (Å²) >= 11 is 0. The molecule has 2 aromatic heterocycles. The summed E-state index contributed by atoms with van der Waals surface area (Å²) in [6.07, 6.45) is 1.24. The van der Waals surface area contributed by atoms with Crippen LogP contribution in [-0.2, 0) is 6.54 Å². The van der Waals surface area contributed by atoms with Crippen LogP contribution in [0, 0.1) is 11.6 Å². The van der Waals surface area contributed by atoms with E-state index < -0.39 is 23.8 Å². The molecular weight excluding hydrogens is 373 g/mol. The highest BCUT2D eigenvalue weighted by molar-refractivity contribution is 5.79. The van der Waals surface area contributed by atoms with Crippen LogP contribution >= 0.6 is 0 Å². The highest BCUT2D eigenvalue weighted by atomic mass is 19.2. The van der Waals surface area contributed by atoms with Crippen molar-refractivity contribution in [3.8, 4) is 0 Å². The predicted octanol–water partition coefficient (Wildman–Crippen LogP) is 2.50. The maximum Gasteiger partial charge on any atom is 0.236 e. The lowest BCUT2D eigenvalue weighted by molar-refractivity contribution is 0.243. The molecule has 0 amide bonds. The summed E-state index contributed by atoms with van der Waals surface area (Å²) in [6, 6.07) is 1.50. The number of anilines is 1. The van der Waals surface area contributed by atoms with Crippen LogP contribution in [0.15, 0.2) is 16.5 Å². The van der Waals surface area contributed by atoms with E-state index in [1.54, 1.807) is 4.57 Å². The summed E-state index contributed by atoms with van der Waals surface area (Å²) in [5.74, 6) is -0.225. The van der Waals surface area contributed by atoms with E-state index in [-0.39, 0.29) is 19.5 Å². The minimum absolute atomic E-state index is 0.154. The average molecular weight is 392 g/mol. The highest BCUT2D eigenvalue weighted by Gasteiger charge is 2.31. The van der Waals surface area contributed by atoms with Gasteiger partial charge < -0.3 is 19.6 Å². The van der Waals surface area contributed by atoms with Gasteiger partial charge in [-0.1, -0.05) is 0 Å². The Balaban J connectivity index is 1.56. The van der Waals surface area contributed by atoms with Gasteiger partial charge in [0.05, 0.1) is 17.1 Å². The van der Waals surface area contributed by atoms with E-state index in [0.29, 0.717) is 41.2 Å². The number of imidazole rings is 1. The molecule has 10 heteroatoms. The van der Waals surface area contributed by atoms with Crippen molar-refractivity contribution in [2.24, 2.45) is 5.73 Å². The SMILES string of the molecule is N[C@@H]1CN(c2nc3cc(F)c(F)cc3n2Cc2nnc(C3CC3)o2)CCC1F. The number of piperidine rings is 1. The summed E-state index contributed by atoms with van der Waals surface area (Å²) in [5.41, 5.74) is 6.58. The fraction of sp³-hybridized carbons (Fsp3) is 0.500. The van der Waals surface area contributed by atoms with Crippen molar-refractivity contribution >= 4 is 17.0 Å². The van der Waals surface area contributed by atoms with Gasteiger partial charge >= 0.3 is 0 Å². The number of nitrogens with zero attached hydrogens (tertiary/aromatic N) is 5. The third-order valence-corrected chi connectivity index (χ3v) is 5.33. The molecule has 3 heterocycles. The minimum atomic E-state index is -1.08. The van der Waals surface area contributed by atoms with Gasteiger partial charge in [-0.2, -0.15) is 0 Å². The van der Waals surface area contributed by atoms with E-state index in [4.69, 9.17) is 10.2 Å². The lowest BCUT2D eigenvalue weighted by Crippen LogP contribution is -2.50. The second kappa shape index (κ2) is 6.47. The normalized spacial score (nSPS) is 22.9. The van der Waals surface area contributed by atoms with Crippen LogP contribution in [0.4, 0.5) is 19.1 Å². The van der Waals surface area contributed by atoms with Crippen LogP contribution in [0.3, 0.4) is 0 Å². The van der Waals surface area contributed by atoms with Gasteiger partial charge in [-0.05, 0) is 19.3 Å². The van der Waals surface area contributed by atoms with Crippen LogP contribution in [0.2, 0.25) is 0 Å². The van der Waals surface area contributed by atoms with Crippen molar-refractivity contribution in [3.05, 3.63) is 35.5 Å². The van der Waals surface area contributed by atoms with E-state index in [1.165, 1.54) is 0 Å². The standard InChI is InChI=1S/C18H19F3N6O/c19-10-3-4-26(7-13(10)22)18-23-14-5-11(20)12(21)6-15(14)27(18)8-16-24-25-17(28-16)9-1-2-9/h5-6,9-10,13H,1-4,7-8,22H2/t10?,13-/m1/s1. The smallest absolute Gasteiger partial charge is 0.236 e. The van der Waals surface area contributed by atoms with Gasteiger partial charge in [0.2, 0.25) is 17.7 Å². The molecule has 0 spiro atoms. The van der Waals surface area contributed by atoms with Gasteiger partial charge in [0.25, 0.3) is 0 Å². The zero-order chi connectivity index (χ0) is 19.4. The fourth-order valence-electron chi connectivity index (χ4n) is 3.60. The molecule has 1 aliphatic carbocycles. The van der Waals surface area contributed by atoms with Crippen molar-refractivity contribution in [1.29, 1.82) is 0 Å². The van der Waals surface area contributed by atoms with Crippen molar-refractivity contribution < 1.29 is 17.6 Å². The number of nitrogens with two attached hydrogens (primary N) is 1. The molecule has 1 aliphatic heterocycles. The first-order chi connectivity index (χ1) is 13.5. The van der Waals surface area contributed by atoms with Gasteiger partial charge in [-0.3, -0.25) is 0 Å². The molecule has 0 bridgehead atoms. The molecule has 1 unspecified atom stereocenters. The number of fused-ring (bicyclic) bond motifs is 1. The largest absolute Gasteiger partial charge is 0.423 e. The van der Waals surface area contributed by atoms with Crippen molar-refractivity contribution in [2.75, 3.05) is 18.0 Å². The fourth-order valence-corrected chi connectivity index (χ4v) is 3.60. The third kappa shape index (κ3) is 3.01. The first-order valence-electron chi connectivity index (χ1n) is 9.31. The molecule has 7 nitrogen and oxygen atoms in total. The molecule has 0 radical (unpaired) electrons. The first kappa shape index (κ1) is 17.5. The third-order valence-electron chi connectivity index (χ3n) is 5.33. The molecule has 1 saturated heterocycles. The number of rotatable bonds is 4. The quantitative estimate of drug-likeness (QED) is 0.734. The van der Waals surface area contributed by atoms with E-state index in [2.05, 4.69) is 15.2 Å². The molecule has 1 aromatic carbocycles. The van der Waals surface area contributed by atoms with Gasteiger partial charge in [0.15, 0.2) is 11.6 Å². The Kier molecular flexibility index (Phi) is 4.04. The van der Waals surface area contributed by atoms with E-state index in [0.717, 1.165) is 25.0 Å². The Labute approximate surface area is 158 Å². The summed E-state index contributed by atoms with van der Waals surface area (Å²) in [7, 11) is 0. The van der Waals surface area contributed by atoms with Crippen molar-refractivity contribution in [3.63, 3.8) is 0 Å². The van der Waals surface area contributed by atoms with E-state index in [9.17, 15) is 13.2 Å². The summed E-state index contributed by atoms with van der Waals surface area (Å²) in [5, 5.41) is 8.14. The minimum Gasteiger partial charge on any atom is -0.423 e. The van der Waals surface area contributed by atoms with Gasteiger partial charge in [-0.25, -0.2) is 18.2 Å². The second-order valence-corrected chi connectivity index (χ2v) is 7.48. The lowest BCUT2D eigenvalue weighted by atomic mass is 10.1. The Morgan fingerprint density at radius 1 is 1.14 bits per heavy atom. The van der Waals surface area contributed by atoms with Gasteiger partial charge in [-0.15, -0.1) is 10.2 Å². The van der Waals surface area contributed by atoms with E-state index >= 15 is 0 Å². The Morgan fingerprint density at radius 2 is 1.93 bits per heavy atom. The summed E-state index contributed by atoms with van der Waals surface area (Å²) in [6.45, 7) is 0.814. The van der Waals surface area contributed by atoms with E-state index in [1.807, 2.05) is 4.90 Å². The molecule has 28 heavy (non-hydrogen) atoms. The Morgan fingerprint density at radius 3 is 2.68 bits per heavy atom. The molecule has 5 rings (SSSR count). The van der Waals surface area contributed by atoms with Gasteiger partial charge in [0.1, 0.15) is 12.7 Å². The monoisotopic (exact) mass is 392 g/mol. The topological polar surface area (TPSA) is 86.0 Å². The number of hydrogen-bond acceptors (Lipinski definition) is 6. The molecule has 148 valence electrons.